The van der Waals surface area contributed by atoms with Crippen LogP contribution in [0.1, 0.15) is 12.8 Å². The summed E-state index contributed by atoms with van der Waals surface area (Å²) in [4.78, 5) is 14.6. The predicted molar refractivity (Wildman–Crippen MR) is 106 cm³/mol. The molecule has 0 unspecified atom stereocenters. The van der Waals surface area contributed by atoms with E-state index in [1.54, 1.807) is 0 Å². The maximum Gasteiger partial charge on any atom is 0.264 e. The normalized spacial score (nSPS) is 15.8. The Balaban J connectivity index is 1.84. The molecule has 1 fully saturated rings. The Morgan fingerprint density at radius 1 is 1.03 bits per heavy atom. The Labute approximate surface area is 169 Å². The zero-order valence-electron chi connectivity index (χ0n) is 16.0. The average Bonchev–Trinajstić information content (AvgIpc) is 2.69. The fourth-order valence-electron chi connectivity index (χ4n) is 3.21. The highest BCUT2D eigenvalue weighted by molar-refractivity contribution is 7.92. The number of sulfonamides is 1. The molecule has 6 nitrogen and oxygen atoms in total. The summed E-state index contributed by atoms with van der Waals surface area (Å²) in [5.74, 6) is -1.55. The highest BCUT2D eigenvalue weighted by atomic mass is 32.2. The molecule has 1 aliphatic rings. The van der Waals surface area contributed by atoms with Gasteiger partial charge in [-0.05, 0) is 81.5 Å². The topological polar surface area (TPSA) is 69.7 Å². The van der Waals surface area contributed by atoms with Gasteiger partial charge in [0.15, 0.2) is 0 Å². The number of rotatable bonds is 6. The number of carbonyl (C=O) groups is 1. The van der Waals surface area contributed by atoms with E-state index < -0.39 is 34.1 Å². The fraction of sp³-hybridized carbons (Fsp3) is 0.350. The first-order valence-electron chi connectivity index (χ1n) is 9.27. The SMILES string of the molecule is CN1CCC(NC(=O)CN(c2ccc(F)cc2)S(=O)(=O)c2ccc(F)cc2)CC1. The highest BCUT2D eigenvalue weighted by Gasteiger charge is 2.28. The second-order valence-corrected chi connectivity index (χ2v) is 8.95. The molecule has 2 aromatic carbocycles. The lowest BCUT2D eigenvalue weighted by molar-refractivity contribution is -0.120. The van der Waals surface area contributed by atoms with E-state index in [2.05, 4.69) is 10.2 Å². The van der Waals surface area contributed by atoms with Crippen LogP contribution in [-0.4, -0.2) is 51.9 Å². The van der Waals surface area contributed by atoms with E-state index in [0.717, 1.165) is 66.6 Å². The lowest BCUT2D eigenvalue weighted by atomic mass is 10.1. The van der Waals surface area contributed by atoms with Crippen molar-refractivity contribution in [1.82, 2.24) is 10.2 Å². The molecule has 0 aliphatic carbocycles. The molecule has 3 rings (SSSR count). The Morgan fingerprint density at radius 3 is 2.10 bits per heavy atom. The van der Waals surface area contributed by atoms with Crippen LogP contribution >= 0.6 is 0 Å². The van der Waals surface area contributed by atoms with Gasteiger partial charge in [0.1, 0.15) is 18.2 Å². The van der Waals surface area contributed by atoms with Gasteiger partial charge in [-0.3, -0.25) is 9.10 Å². The molecule has 0 saturated carbocycles. The number of nitrogens with one attached hydrogen (secondary N) is 1. The van der Waals surface area contributed by atoms with Gasteiger partial charge in [-0.25, -0.2) is 17.2 Å². The van der Waals surface area contributed by atoms with E-state index in [0.29, 0.717) is 0 Å². The molecule has 1 N–H and O–H groups in total. The third kappa shape index (κ3) is 5.30. The van der Waals surface area contributed by atoms with Gasteiger partial charge in [0.05, 0.1) is 10.6 Å². The number of amides is 1. The van der Waals surface area contributed by atoms with Crippen LogP contribution in [-0.2, 0) is 14.8 Å². The first kappa shape index (κ1) is 21.2. The molecule has 0 aromatic heterocycles. The van der Waals surface area contributed by atoms with Crippen LogP contribution in [0.15, 0.2) is 53.4 Å². The van der Waals surface area contributed by atoms with Crippen molar-refractivity contribution in [3.63, 3.8) is 0 Å². The molecule has 1 amide bonds. The van der Waals surface area contributed by atoms with Crippen LogP contribution < -0.4 is 9.62 Å². The van der Waals surface area contributed by atoms with E-state index in [1.807, 2.05) is 7.05 Å². The zero-order valence-corrected chi connectivity index (χ0v) is 16.8. The van der Waals surface area contributed by atoms with Gasteiger partial charge in [0.25, 0.3) is 10.0 Å². The number of halogens is 2. The van der Waals surface area contributed by atoms with Gasteiger partial charge in [0, 0.05) is 6.04 Å². The number of hydrogen-bond donors (Lipinski definition) is 1. The molecule has 0 spiro atoms. The first-order chi connectivity index (χ1) is 13.8. The summed E-state index contributed by atoms with van der Waals surface area (Å²) < 4.78 is 53.7. The van der Waals surface area contributed by atoms with Gasteiger partial charge < -0.3 is 10.2 Å². The molecule has 156 valence electrons. The van der Waals surface area contributed by atoms with Crippen molar-refractivity contribution in [2.45, 2.75) is 23.8 Å². The Morgan fingerprint density at radius 2 is 1.55 bits per heavy atom. The van der Waals surface area contributed by atoms with Crippen molar-refractivity contribution in [2.75, 3.05) is 31.0 Å². The predicted octanol–water partition coefficient (Wildman–Crippen LogP) is 2.37. The lowest BCUT2D eigenvalue weighted by Crippen LogP contribution is -2.47. The molecule has 29 heavy (non-hydrogen) atoms. The van der Waals surface area contributed by atoms with Gasteiger partial charge in [-0.2, -0.15) is 0 Å². The molecule has 2 aromatic rings. The van der Waals surface area contributed by atoms with E-state index in [-0.39, 0.29) is 16.6 Å². The second kappa shape index (κ2) is 8.87. The molecule has 1 heterocycles. The molecule has 9 heteroatoms. The van der Waals surface area contributed by atoms with Crippen molar-refractivity contribution >= 4 is 21.6 Å². The van der Waals surface area contributed by atoms with Crippen molar-refractivity contribution in [2.24, 2.45) is 0 Å². The van der Waals surface area contributed by atoms with Gasteiger partial charge in [-0.1, -0.05) is 0 Å². The maximum atomic E-state index is 13.3. The van der Waals surface area contributed by atoms with E-state index in [1.165, 1.54) is 12.1 Å². The number of piperidine rings is 1. The van der Waals surface area contributed by atoms with E-state index in [4.69, 9.17) is 0 Å². The summed E-state index contributed by atoms with van der Waals surface area (Å²) in [6, 6.07) is 9.14. The quantitative estimate of drug-likeness (QED) is 0.775. The molecule has 0 radical (unpaired) electrons. The minimum absolute atomic E-state index is 0.0257. The summed E-state index contributed by atoms with van der Waals surface area (Å²) in [5, 5.41) is 2.88. The molecule has 0 bridgehead atoms. The smallest absolute Gasteiger partial charge is 0.264 e. The van der Waals surface area contributed by atoms with Crippen molar-refractivity contribution in [3.8, 4) is 0 Å². The van der Waals surface area contributed by atoms with Crippen molar-refractivity contribution in [3.05, 3.63) is 60.2 Å². The second-order valence-electron chi connectivity index (χ2n) is 7.09. The number of hydrogen-bond acceptors (Lipinski definition) is 4. The molecule has 0 atom stereocenters. The number of carbonyl (C=O) groups excluding carboxylic acids is 1. The standard InChI is InChI=1S/C20H23F2N3O3S/c1-24-12-10-17(11-13-24)23-20(26)14-25(18-6-2-15(21)3-7-18)29(27,28)19-8-4-16(22)5-9-19/h2-9,17H,10-14H2,1H3,(H,23,26). The largest absolute Gasteiger partial charge is 0.352 e. The monoisotopic (exact) mass is 423 g/mol. The minimum atomic E-state index is -4.15. The van der Waals surface area contributed by atoms with Crippen LogP contribution in [0.5, 0.6) is 0 Å². The van der Waals surface area contributed by atoms with Crippen LogP contribution in [0.3, 0.4) is 0 Å². The third-order valence-electron chi connectivity index (χ3n) is 4.89. The van der Waals surface area contributed by atoms with E-state index >= 15 is 0 Å². The van der Waals surface area contributed by atoms with Crippen LogP contribution in [0.4, 0.5) is 14.5 Å². The molecular weight excluding hydrogens is 400 g/mol. The maximum absolute atomic E-state index is 13.3. The number of likely N-dealkylation sites (tertiary alicyclic amines) is 1. The van der Waals surface area contributed by atoms with Crippen LogP contribution in [0.2, 0.25) is 0 Å². The number of benzene rings is 2. The zero-order chi connectivity index (χ0) is 21.0. The molecule has 1 saturated heterocycles. The lowest BCUT2D eigenvalue weighted by Gasteiger charge is -2.30. The fourth-order valence-corrected chi connectivity index (χ4v) is 4.63. The molecular formula is C20H23F2N3O3S. The average molecular weight is 423 g/mol. The number of nitrogens with zero attached hydrogens (tertiary/aromatic N) is 2. The molecule has 1 aliphatic heterocycles. The van der Waals surface area contributed by atoms with E-state index in [9.17, 15) is 22.0 Å². The highest BCUT2D eigenvalue weighted by Crippen LogP contribution is 2.24. The van der Waals surface area contributed by atoms with Crippen LogP contribution in [0.25, 0.3) is 0 Å². The van der Waals surface area contributed by atoms with Crippen molar-refractivity contribution in [1.29, 1.82) is 0 Å². The summed E-state index contributed by atoms with van der Waals surface area (Å²) >= 11 is 0. The summed E-state index contributed by atoms with van der Waals surface area (Å²) in [6.07, 6.45) is 1.56. The Bertz CT molecular complexity index is 942. The summed E-state index contributed by atoms with van der Waals surface area (Å²) in [6.45, 7) is 1.23. The Kier molecular flexibility index (Phi) is 6.49. The van der Waals surface area contributed by atoms with Gasteiger partial charge >= 0.3 is 0 Å². The van der Waals surface area contributed by atoms with Crippen LogP contribution in [0, 0.1) is 11.6 Å². The van der Waals surface area contributed by atoms with Gasteiger partial charge in [0.2, 0.25) is 5.91 Å². The van der Waals surface area contributed by atoms with Gasteiger partial charge in [-0.15, -0.1) is 0 Å². The first-order valence-corrected chi connectivity index (χ1v) is 10.7. The summed E-state index contributed by atoms with van der Waals surface area (Å²) in [7, 11) is -2.15. The Hall–Kier alpha value is -2.52. The minimum Gasteiger partial charge on any atom is -0.352 e. The number of anilines is 1. The van der Waals surface area contributed by atoms with Crippen molar-refractivity contribution < 1.29 is 22.0 Å². The summed E-state index contributed by atoms with van der Waals surface area (Å²) in [5.41, 5.74) is 0.147. The third-order valence-corrected chi connectivity index (χ3v) is 6.68.